The van der Waals surface area contributed by atoms with Gasteiger partial charge in [-0.2, -0.15) is 0 Å². The molecule has 7 heteroatoms. The molecule has 1 aliphatic heterocycles. The van der Waals surface area contributed by atoms with Gasteiger partial charge in [-0.15, -0.1) is 0 Å². The van der Waals surface area contributed by atoms with Crippen molar-refractivity contribution in [3.8, 4) is 0 Å². The number of rotatable bonds is 4. The minimum atomic E-state index is -2.69. The molecule has 1 amide bonds. The molecule has 1 fully saturated rings. The highest BCUT2D eigenvalue weighted by atomic mass is 31.2. The normalized spacial score (nSPS) is 21.7. The van der Waals surface area contributed by atoms with E-state index in [9.17, 15) is 9.36 Å². The van der Waals surface area contributed by atoms with Gasteiger partial charge in [0, 0.05) is 39.5 Å². The molecule has 0 radical (unpaired) electrons. The fourth-order valence-electron chi connectivity index (χ4n) is 2.10. The molecule has 0 bridgehead atoms. The Balaban J connectivity index is 2.58. The fourth-order valence-corrected chi connectivity index (χ4v) is 3.07. The Labute approximate surface area is 109 Å². The molecule has 0 aromatic carbocycles. The molecule has 1 heterocycles. The van der Waals surface area contributed by atoms with Crippen LogP contribution in [0.4, 0.5) is 0 Å². The monoisotopic (exact) mass is 277 g/mol. The maximum absolute atomic E-state index is 12.2. The lowest BCUT2D eigenvalue weighted by molar-refractivity contribution is -0.154. The zero-order chi connectivity index (χ0) is 14.0. The summed E-state index contributed by atoms with van der Waals surface area (Å²) in [7, 11) is -2.69. The van der Waals surface area contributed by atoms with E-state index >= 15 is 0 Å². The van der Waals surface area contributed by atoms with Gasteiger partial charge in [0.2, 0.25) is 7.44 Å². The molecule has 1 aliphatic rings. The maximum Gasteiger partial charge on any atom is 0.254 e. The Kier molecular flexibility index (Phi) is 4.95. The molecule has 18 heavy (non-hydrogen) atoms. The van der Waals surface area contributed by atoms with E-state index in [1.165, 1.54) is 0 Å². The van der Waals surface area contributed by atoms with Gasteiger partial charge in [-0.1, -0.05) is 0 Å². The van der Waals surface area contributed by atoms with Crippen molar-refractivity contribution in [3.63, 3.8) is 0 Å². The number of carbonyl (C=O) groups is 1. The molecule has 106 valence electrons. The molecule has 1 unspecified atom stereocenters. The van der Waals surface area contributed by atoms with Crippen molar-refractivity contribution in [1.82, 2.24) is 9.57 Å². The number of ether oxygens (including phenoxy) is 1. The van der Waals surface area contributed by atoms with E-state index in [1.54, 1.807) is 30.1 Å². The van der Waals surface area contributed by atoms with E-state index in [2.05, 4.69) is 0 Å². The lowest BCUT2D eigenvalue weighted by Crippen LogP contribution is -2.54. The van der Waals surface area contributed by atoms with Crippen LogP contribution >= 0.6 is 7.44 Å². The molecule has 0 aliphatic carbocycles. The van der Waals surface area contributed by atoms with Gasteiger partial charge >= 0.3 is 0 Å². The van der Waals surface area contributed by atoms with E-state index in [1.807, 2.05) is 6.92 Å². The third-order valence-corrected chi connectivity index (χ3v) is 4.65. The third kappa shape index (κ3) is 3.79. The molecular weight excluding hydrogens is 253 g/mol. The number of hydrogen-bond acceptors (Lipinski definition) is 3. The van der Waals surface area contributed by atoms with Crippen LogP contribution in [0.1, 0.15) is 20.8 Å². The van der Waals surface area contributed by atoms with E-state index in [-0.39, 0.29) is 5.91 Å². The van der Waals surface area contributed by atoms with Crippen molar-refractivity contribution in [2.45, 2.75) is 26.4 Å². The highest BCUT2D eigenvalue weighted by Gasteiger charge is 2.35. The van der Waals surface area contributed by atoms with E-state index < -0.39 is 13.0 Å². The lowest BCUT2D eigenvalue weighted by atomic mass is 10.1. The zero-order valence-electron chi connectivity index (χ0n) is 11.7. The zero-order valence-corrected chi connectivity index (χ0v) is 12.6. The molecular formula is C11H24N3O3P. The summed E-state index contributed by atoms with van der Waals surface area (Å²) in [5.74, 6) is -0.0213. The number of nitrogens with zero attached hydrogens (tertiary/aromatic N) is 2. The lowest BCUT2D eigenvalue weighted by Gasteiger charge is -2.39. The Hall–Kier alpha value is -0.420. The summed E-state index contributed by atoms with van der Waals surface area (Å²) in [4.78, 5) is 14.0. The predicted octanol–water partition coefficient (Wildman–Crippen LogP) is 0.727. The van der Waals surface area contributed by atoms with Crippen LogP contribution in [0.3, 0.4) is 0 Å². The summed E-state index contributed by atoms with van der Waals surface area (Å²) >= 11 is 0. The van der Waals surface area contributed by atoms with Crippen LogP contribution in [-0.2, 0) is 14.1 Å². The summed E-state index contributed by atoms with van der Waals surface area (Å²) < 4.78 is 18.9. The van der Waals surface area contributed by atoms with Crippen LogP contribution in [0.2, 0.25) is 0 Å². The molecule has 1 rings (SSSR count). The van der Waals surface area contributed by atoms with Crippen LogP contribution in [-0.4, -0.2) is 60.5 Å². The van der Waals surface area contributed by atoms with Gasteiger partial charge in [0.05, 0.1) is 0 Å². The molecule has 0 saturated carbocycles. The summed E-state index contributed by atoms with van der Waals surface area (Å²) in [5.41, 5.74) is 4.82. The SMILES string of the molecule is CCOC(C)(C)C(=O)N1CCN(P(C)(N)=O)CC1. The van der Waals surface area contributed by atoms with Gasteiger partial charge in [0.25, 0.3) is 5.91 Å². The summed E-state index contributed by atoms with van der Waals surface area (Å²) in [6.45, 7) is 9.68. The molecule has 0 aromatic heterocycles. The molecule has 6 nitrogen and oxygen atoms in total. The number of hydrogen-bond donors (Lipinski definition) is 1. The van der Waals surface area contributed by atoms with Crippen LogP contribution < -0.4 is 5.50 Å². The molecule has 0 aromatic rings. The number of piperazine rings is 1. The smallest absolute Gasteiger partial charge is 0.254 e. The first-order valence-corrected chi connectivity index (χ1v) is 8.41. The summed E-state index contributed by atoms with van der Waals surface area (Å²) in [6, 6.07) is 0. The third-order valence-electron chi connectivity index (χ3n) is 3.13. The van der Waals surface area contributed by atoms with E-state index in [0.29, 0.717) is 32.8 Å². The second-order valence-electron chi connectivity index (χ2n) is 5.13. The minimum Gasteiger partial charge on any atom is -0.366 e. The van der Waals surface area contributed by atoms with Crippen molar-refractivity contribution in [3.05, 3.63) is 0 Å². The second-order valence-corrected chi connectivity index (χ2v) is 7.58. The van der Waals surface area contributed by atoms with Crippen molar-refractivity contribution < 1.29 is 14.1 Å². The predicted molar refractivity (Wildman–Crippen MR) is 71.6 cm³/mol. The van der Waals surface area contributed by atoms with Crippen LogP contribution in [0.5, 0.6) is 0 Å². The van der Waals surface area contributed by atoms with Gasteiger partial charge in [0.15, 0.2) is 0 Å². The van der Waals surface area contributed by atoms with Gasteiger partial charge < -0.3 is 9.64 Å². The van der Waals surface area contributed by atoms with Crippen molar-refractivity contribution in [2.75, 3.05) is 39.5 Å². The maximum atomic E-state index is 12.2. The first-order valence-electron chi connectivity index (χ1n) is 6.23. The highest BCUT2D eigenvalue weighted by Crippen LogP contribution is 2.36. The standard InChI is InChI=1S/C11H24N3O3P/c1-5-17-11(2,3)10(15)13-6-8-14(9-7-13)18(4,12)16/h5-9H2,1-4H3,(H2,12,16). The van der Waals surface area contributed by atoms with Crippen molar-refractivity contribution in [1.29, 1.82) is 0 Å². The minimum absolute atomic E-state index is 0.0213. The summed E-state index contributed by atoms with van der Waals surface area (Å²) in [6.07, 6.45) is 0. The molecule has 1 atom stereocenters. The largest absolute Gasteiger partial charge is 0.366 e. The first kappa shape index (κ1) is 15.6. The molecule has 1 saturated heterocycles. The molecule has 0 spiro atoms. The Morgan fingerprint density at radius 2 is 1.83 bits per heavy atom. The average Bonchev–Trinajstić information content (AvgIpc) is 2.27. The number of amides is 1. The number of carbonyl (C=O) groups excluding carboxylic acids is 1. The highest BCUT2D eigenvalue weighted by molar-refractivity contribution is 7.58. The van der Waals surface area contributed by atoms with Crippen molar-refractivity contribution >= 4 is 13.4 Å². The average molecular weight is 277 g/mol. The second kappa shape index (κ2) is 5.70. The Bertz CT molecular complexity index is 345. The van der Waals surface area contributed by atoms with Crippen LogP contribution in [0.25, 0.3) is 0 Å². The Morgan fingerprint density at radius 3 is 2.22 bits per heavy atom. The quantitative estimate of drug-likeness (QED) is 0.767. The van der Waals surface area contributed by atoms with E-state index in [4.69, 9.17) is 10.2 Å². The first-order chi connectivity index (χ1) is 8.18. The number of nitrogens with two attached hydrogens (primary N) is 1. The van der Waals surface area contributed by atoms with Crippen LogP contribution in [0, 0.1) is 0 Å². The van der Waals surface area contributed by atoms with Crippen LogP contribution in [0.15, 0.2) is 0 Å². The fraction of sp³-hybridized carbons (Fsp3) is 0.909. The topological polar surface area (TPSA) is 75.9 Å². The van der Waals surface area contributed by atoms with Gasteiger partial charge in [-0.3, -0.25) is 14.9 Å². The van der Waals surface area contributed by atoms with Gasteiger partial charge in [-0.25, -0.2) is 4.67 Å². The Morgan fingerprint density at radius 1 is 1.33 bits per heavy atom. The van der Waals surface area contributed by atoms with Gasteiger partial charge in [0.1, 0.15) is 5.60 Å². The van der Waals surface area contributed by atoms with Crippen molar-refractivity contribution in [2.24, 2.45) is 5.50 Å². The van der Waals surface area contributed by atoms with Gasteiger partial charge in [-0.05, 0) is 20.8 Å². The van der Waals surface area contributed by atoms with E-state index in [0.717, 1.165) is 0 Å². The molecule has 2 N–H and O–H groups in total. The summed E-state index contributed by atoms with van der Waals surface area (Å²) in [5, 5.41) is 0.